The predicted molar refractivity (Wildman–Crippen MR) is 73.1 cm³/mol. The van der Waals surface area contributed by atoms with Crippen molar-refractivity contribution in [1.82, 2.24) is 14.8 Å². The Kier molecular flexibility index (Phi) is 3.82. The van der Waals surface area contributed by atoms with Crippen molar-refractivity contribution in [2.45, 2.75) is 27.2 Å². The van der Waals surface area contributed by atoms with Crippen molar-refractivity contribution in [1.29, 1.82) is 0 Å². The van der Waals surface area contributed by atoms with E-state index < -0.39 is 0 Å². The molecule has 96 valence electrons. The summed E-state index contributed by atoms with van der Waals surface area (Å²) in [4.78, 5) is 11.7. The Morgan fingerprint density at radius 2 is 2.17 bits per heavy atom. The third-order valence-corrected chi connectivity index (χ3v) is 4.10. The lowest BCUT2D eigenvalue weighted by atomic mass is 10.2. The van der Waals surface area contributed by atoms with Crippen molar-refractivity contribution >= 4 is 28.7 Å². The van der Waals surface area contributed by atoms with Gasteiger partial charge in [-0.2, -0.15) is 0 Å². The Bertz CT molecular complexity index is 588. The van der Waals surface area contributed by atoms with Gasteiger partial charge in [0, 0.05) is 17.0 Å². The van der Waals surface area contributed by atoms with Gasteiger partial charge in [0.15, 0.2) is 5.78 Å². The predicted octanol–water partition coefficient (Wildman–Crippen LogP) is 2.93. The molecule has 0 atom stereocenters. The molecule has 2 aromatic rings. The summed E-state index contributed by atoms with van der Waals surface area (Å²) in [5.41, 5.74) is 2.51. The fourth-order valence-corrected chi connectivity index (χ4v) is 2.92. The number of hydrogen-bond acceptors (Lipinski definition) is 4. The average Bonchev–Trinajstić information content (AvgIpc) is 2.93. The number of carbonyl (C=O) groups is 1. The second-order valence-electron chi connectivity index (χ2n) is 4.01. The van der Waals surface area contributed by atoms with Crippen LogP contribution in [-0.2, 0) is 6.42 Å². The largest absolute Gasteiger partial charge is 0.293 e. The Morgan fingerprint density at radius 1 is 1.44 bits per heavy atom. The van der Waals surface area contributed by atoms with E-state index in [1.165, 1.54) is 0 Å². The van der Waals surface area contributed by atoms with Crippen LogP contribution in [0, 0.1) is 13.8 Å². The molecule has 4 nitrogen and oxygen atoms in total. The van der Waals surface area contributed by atoms with Crippen LogP contribution in [0.3, 0.4) is 0 Å². The van der Waals surface area contributed by atoms with E-state index in [0.717, 1.165) is 27.9 Å². The van der Waals surface area contributed by atoms with Gasteiger partial charge >= 0.3 is 0 Å². The molecule has 0 unspecified atom stereocenters. The van der Waals surface area contributed by atoms with Gasteiger partial charge in [0.05, 0.1) is 5.88 Å². The molecule has 0 aliphatic rings. The second-order valence-corrected chi connectivity index (χ2v) is 5.32. The zero-order valence-corrected chi connectivity index (χ0v) is 12.1. The molecule has 2 rings (SSSR count). The Balaban J connectivity index is 2.51. The average molecular weight is 284 g/mol. The number of nitrogens with zero attached hydrogens (tertiary/aromatic N) is 3. The van der Waals surface area contributed by atoms with Gasteiger partial charge in [0.1, 0.15) is 5.01 Å². The van der Waals surface area contributed by atoms with Gasteiger partial charge < -0.3 is 0 Å². The highest BCUT2D eigenvalue weighted by atomic mass is 35.5. The molecule has 0 aliphatic heterocycles. The van der Waals surface area contributed by atoms with Crippen molar-refractivity contribution < 1.29 is 4.79 Å². The maximum absolute atomic E-state index is 11.7. The molecule has 0 fully saturated rings. The first kappa shape index (κ1) is 13.2. The lowest BCUT2D eigenvalue weighted by molar-refractivity contribution is 0.102. The van der Waals surface area contributed by atoms with Crippen molar-refractivity contribution in [3.63, 3.8) is 0 Å². The fraction of sp³-hybridized carbons (Fsp3) is 0.417. The molecule has 0 N–H and O–H groups in total. The van der Waals surface area contributed by atoms with Gasteiger partial charge in [-0.1, -0.05) is 18.3 Å². The van der Waals surface area contributed by atoms with Crippen LogP contribution in [0.25, 0.3) is 5.13 Å². The summed E-state index contributed by atoms with van der Waals surface area (Å²) >= 11 is 7.15. The SMILES string of the molecule is CCc1nnc(-n2c(C)cc(C(=O)CCl)c2C)s1. The standard InChI is InChI=1S/C12H14ClN3OS/c1-4-11-14-15-12(18-11)16-7(2)5-9(8(16)3)10(17)6-13/h5H,4,6H2,1-3H3. The number of halogens is 1. The van der Waals surface area contributed by atoms with E-state index in [4.69, 9.17) is 11.6 Å². The van der Waals surface area contributed by atoms with E-state index in [9.17, 15) is 4.79 Å². The summed E-state index contributed by atoms with van der Waals surface area (Å²) < 4.78 is 1.95. The normalized spacial score (nSPS) is 10.9. The molecule has 0 bridgehead atoms. The van der Waals surface area contributed by atoms with E-state index in [-0.39, 0.29) is 11.7 Å². The molecule has 0 aliphatic carbocycles. The van der Waals surface area contributed by atoms with Gasteiger partial charge in [0.25, 0.3) is 0 Å². The zero-order valence-electron chi connectivity index (χ0n) is 10.5. The highest BCUT2D eigenvalue weighted by Crippen LogP contribution is 2.24. The van der Waals surface area contributed by atoms with E-state index in [1.54, 1.807) is 11.3 Å². The summed E-state index contributed by atoms with van der Waals surface area (Å²) in [5.74, 6) is -0.0584. The molecule has 0 amide bonds. The molecule has 0 saturated heterocycles. The molecule has 0 saturated carbocycles. The highest BCUT2D eigenvalue weighted by molar-refractivity contribution is 7.13. The number of Topliss-reactive ketones (excluding diaryl/α,β-unsaturated/α-hetero) is 1. The van der Waals surface area contributed by atoms with Gasteiger partial charge in [-0.3, -0.25) is 9.36 Å². The first-order chi connectivity index (χ1) is 8.58. The number of ketones is 1. The van der Waals surface area contributed by atoms with Crippen LogP contribution in [0.5, 0.6) is 0 Å². The molecule has 0 radical (unpaired) electrons. The zero-order chi connectivity index (χ0) is 13.3. The molecule has 0 aromatic carbocycles. The van der Waals surface area contributed by atoms with E-state index in [0.29, 0.717) is 5.56 Å². The number of carbonyl (C=O) groups excluding carboxylic acids is 1. The van der Waals surface area contributed by atoms with E-state index >= 15 is 0 Å². The number of rotatable bonds is 4. The minimum Gasteiger partial charge on any atom is -0.293 e. The molecule has 6 heteroatoms. The lowest BCUT2D eigenvalue weighted by Crippen LogP contribution is -2.04. The minimum atomic E-state index is -0.0590. The molecule has 0 spiro atoms. The van der Waals surface area contributed by atoms with E-state index in [2.05, 4.69) is 10.2 Å². The second kappa shape index (κ2) is 5.20. The number of aryl methyl sites for hydroxylation is 2. The Labute approximate surface area is 115 Å². The monoisotopic (exact) mass is 283 g/mol. The first-order valence-corrected chi connectivity index (χ1v) is 7.04. The topological polar surface area (TPSA) is 47.8 Å². The Hall–Kier alpha value is -1.20. The van der Waals surface area contributed by atoms with Crippen molar-refractivity contribution in [3.05, 3.63) is 28.0 Å². The van der Waals surface area contributed by atoms with Gasteiger partial charge in [0.2, 0.25) is 5.13 Å². The van der Waals surface area contributed by atoms with Crippen LogP contribution in [-0.4, -0.2) is 26.4 Å². The molecule has 2 heterocycles. The first-order valence-electron chi connectivity index (χ1n) is 5.69. The van der Waals surface area contributed by atoms with Crippen LogP contribution in [0.15, 0.2) is 6.07 Å². The van der Waals surface area contributed by atoms with Gasteiger partial charge in [-0.15, -0.1) is 21.8 Å². The maximum atomic E-state index is 11.7. The van der Waals surface area contributed by atoms with Crippen molar-refractivity contribution in [2.75, 3.05) is 5.88 Å². The molecule has 18 heavy (non-hydrogen) atoms. The quantitative estimate of drug-likeness (QED) is 0.640. The minimum absolute atomic E-state index is 0.000617. The third kappa shape index (κ3) is 2.20. The van der Waals surface area contributed by atoms with Crippen LogP contribution in [0.1, 0.15) is 33.7 Å². The molecular weight excluding hydrogens is 270 g/mol. The Morgan fingerprint density at radius 3 is 2.72 bits per heavy atom. The number of hydrogen-bond donors (Lipinski definition) is 0. The van der Waals surface area contributed by atoms with Crippen LogP contribution < -0.4 is 0 Å². The summed E-state index contributed by atoms with van der Waals surface area (Å²) in [7, 11) is 0. The van der Waals surface area contributed by atoms with Gasteiger partial charge in [-0.25, -0.2) is 0 Å². The van der Waals surface area contributed by atoms with Crippen LogP contribution in [0.4, 0.5) is 0 Å². The van der Waals surface area contributed by atoms with Crippen molar-refractivity contribution in [3.8, 4) is 5.13 Å². The smallest absolute Gasteiger partial charge is 0.216 e. The van der Waals surface area contributed by atoms with Gasteiger partial charge in [-0.05, 0) is 26.3 Å². The maximum Gasteiger partial charge on any atom is 0.216 e. The number of alkyl halides is 1. The third-order valence-electron chi connectivity index (χ3n) is 2.80. The van der Waals surface area contributed by atoms with Crippen LogP contribution in [0.2, 0.25) is 0 Å². The molecular formula is C12H14ClN3OS. The van der Waals surface area contributed by atoms with Crippen LogP contribution >= 0.6 is 22.9 Å². The lowest BCUT2D eigenvalue weighted by Gasteiger charge is -2.03. The van der Waals surface area contributed by atoms with E-state index in [1.807, 2.05) is 31.4 Å². The fourth-order valence-electron chi connectivity index (χ4n) is 1.89. The summed E-state index contributed by atoms with van der Waals surface area (Å²) in [6, 6.07) is 1.85. The molecule has 2 aromatic heterocycles. The van der Waals surface area contributed by atoms with Crippen molar-refractivity contribution in [2.24, 2.45) is 0 Å². The highest BCUT2D eigenvalue weighted by Gasteiger charge is 2.17. The summed E-state index contributed by atoms with van der Waals surface area (Å²) in [6.07, 6.45) is 0.866. The summed E-state index contributed by atoms with van der Waals surface area (Å²) in [5, 5.41) is 10.1. The number of aromatic nitrogens is 3. The summed E-state index contributed by atoms with van der Waals surface area (Å²) in [6.45, 7) is 5.90.